The Morgan fingerprint density at radius 3 is 2.89 bits per heavy atom. The second-order valence-electron chi connectivity index (χ2n) is 6.07. The minimum absolute atomic E-state index is 0.718. The molecule has 0 saturated heterocycles. The molecule has 1 N–H and O–H groups in total. The summed E-state index contributed by atoms with van der Waals surface area (Å²) in [5.41, 5.74) is 1.47. The number of benzene rings is 1. The van der Waals surface area contributed by atoms with Gasteiger partial charge in [0.05, 0.1) is 0 Å². The molecule has 1 saturated carbocycles. The van der Waals surface area contributed by atoms with Crippen molar-refractivity contribution in [3.8, 4) is 0 Å². The van der Waals surface area contributed by atoms with E-state index in [2.05, 4.69) is 59.4 Å². The standard InChI is InChI=1S/C17H26BrN/c1-3-9-19-17-8-7-13(2)10-15(17)11-14-5-4-6-16(18)12-14/h4-6,12-13,15,17,19H,3,7-11H2,1-2H3. The Hall–Kier alpha value is -0.340. The van der Waals surface area contributed by atoms with E-state index in [1.54, 1.807) is 0 Å². The van der Waals surface area contributed by atoms with Gasteiger partial charge in [-0.3, -0.25) is 0 Å². The van der Waals surface area contributed by atoms with Crippen molar-refractivity contribution < 1.29 is 0 Å². The maximum absolute atomic E-state index is 3.77. The van der Waals surface area contributed by atoms with Gasteiger partial charge < -0.3 is 5.32 Å². The summed E-state index contributed by atoms with van der Waals surface area (Å²) in [7, 11) is 0. The minimum atomic E-state index is 0.718. The average Bonchev–Trinajstić information content (AvgIpc) is 2.38. The van der Waals surface area contributed by atoms with Crippen LogP contribution in [-0.4, -0.2) is 12.6 Å². The van der Waals surface area contributed by atoms with Gasteiger partial charge in [-0.05, 0) is 68.2 Å². The quantitative estimate of drug-likeness (QED) is 0.821. The molecule has 0 bridgehead atoms. The van der Waals surface area contributed by atoms with E-state index in [9.17, 15) is 0 Å². The largest absolute Gasteiger partial charge is 0.314 e. The minimum Gasteiger partial charge on any atom is -0.314 e. The highest BCUT2D eigenvalue weighted by Gasteiger charge is 2.28. The zero-order valence-electron chi connectivity index (χ0n) is 12.2. The van der Waals surface area contributed by atoms with Crippen LogP contribution in [0.5, 0.6) is 0 Å². The smallest absolute Gasteiger partial charge is 0.0177 e. The van der Waals surface area contributed by atoms with Gasteiger partial charge in [0.1, 0.15) is 0 Å². The molecule has 3 unspecified atom stereocenters. The van der Waals surface area contributed by atoms with Crippen molar-refractivity contribution >= 4 is 15.9 Å². The highest BCUT2D eigenvalue weighted by Crippen LogP contribution is 2.32. The normalized spacial score (nSPS) is 27.4. The van der Waals surface area contributed by atoms with Gasteiger partial charge in [-0.25, -0.2) is 0 Å². The monoisotopic (exact) mass is 323 g/mol. The highest BCUT2D eigenvalue weighted by atomic mass is 79.9. The van der Waals surface area contributed by atoms with Gasteiger partial charge in [-0.15, -0.1) is 0 Å². The molecule has 3 atom stereocenters. The van der Waals surface area contributed by atoms with Crippen molar-refractivity contribution in [3.05, 3.63) is 34.3 Å². The summed E-state index contributed by atoms with van der Waals surface area (Å²) >= 11 is 3.58. The predicted octanol–water partition coefficient (Wildman–Crippen LogP) is 4.80. The van der Waals surface area contributed by atoms with E-state index in [1.807, 2.05) is 0 Å². The number of hydrogen-bond donors (Lipinski definition) is 1. The topological polar surface area (TPSA) is 12.0 Å². The summed E-state index contributed by atoms with van der Waals surface area (Å²) in [5, 5.41) is 3.77. The first-order valence-electron chi connectivity index (χ1n) is 7.67. The van der Waals surface area contributed by atoms with Crippen molar-refractivity contribution in [2.75, 3.05) is 6.54 Å². The van der Waals surface area contributed by atoms with Gasteiger partial charge in [-0.1, -0.05) is 41.9 Å². The third-order valence-electron chi connectivity index (χ3n) is 4.29. The van der Waals surface area contributed by atoms with Crippen molar-refractivity contribution in [1.82, 2.24) is 5.32 Å². The Morgan fingerprint density at radius 1 is 1.32 bits per heavy atom. The van der Waals surface area contributed by atoms with E-state index in [0.29, 0.717) is 0 Å². The molecule has 2 rings (SSSR count). The summed E-state index contributed by atoms with van der Waals surface area (Å²) in [6, 6.07) is 9.52. The predicted molar refractivity (Wildman–Crippen MR) is 86.4 cm³/mol. The third kappa shape index (κ3) is 4.61. The summed E-state index contributed by atoms with van der Waals surface area (Å²) < 4.78 is 1.20. The Morgan fingerprint density at radius 2 is 2.16 bits per heavy atom. The lowest BCUT2D eigenvalue weighted by Crippen LogP contribution is -2.41. The number of rotatable bonds is 5. The van der Waals surface area contributed by atoms with Gasteiger partial charge in [0.2, 0.25) is 0 Å². The second-order valence-corrected chi connectivity index (χ2v) is 6.99. The van der Waals surface area contributed by atoms with E-state index >= 15 is 0 Å². The van der Waals surface area contributed by atoms with Crippen LogP contribution in [0.1, 0.15) is 45.1 Å². The molecule has 0 heterocycles. The summed E-state index contributed by atoms with van der Waals surface area (Å²) in [6.07, 6.45) is 6.55. The molecule has 0 spiro atoms. The first-order valence-corrected chi connectivity index (χ1v) is 8.46. The van der Waals surface area contributed by atoms with Crippen molar-refractivity contribution in [2.24, 2.45) is 11.8 Å². The molecule has 1 fully saturated rings. The van der Waals surface area contributed by atoms with E-state index in [-0.39, 0.29) is 0 Å². The van der Waals surface area contributed by atoms with Gasteiger partial charge in [0.25, 0.3) is 0 Å². The van der Waals surface area contributed by atoms with Gasteiger partial charge in [0.15, 0.2) is 0 Å². The van der Waals surface area contributed by atoms with Crippen LogP contribution in [0.25, 0.3) is 0 Å². The summed E-state index contributed by atoms with van der Waals surface area (Å²) in [4.78, 5) is 0. The van der Waals surface area contributed by atoms with Gasteiger partial charge >= 0.3 is 0 Å². The van der Waals surface area contributed by atoms with Crippen molar-refractivity contribution in [3.63, 3.8) is 0 Å². The molecule has 1 aromatic rings. The molecule has 19 heavy (non-hydrogen) atoms. The molecule has 1 aliphatic rings. The van der Waals surface area contributed by atoms with Crippen molar-refractivity contribution in [1.29, 1.82) is 0 Å². The molecule has 0 radical (unpaired) electrons. The SMILES string of the molecule is CCCNC1CCC(C)CC1Cc1cccc(Br)c1. The highest BCUT2D eigenvalue weighted by molar-refractivity contribution is 9.10. The Balaban J connectivity index is 2.00. The zero-order valence-corrected chi connectivity index (χ0v) is 13.7. The van der Waals surface area contributed by atoms with Gasteiger partial charge in [0, 0.05) is 10.5 Å². The summed E-state index contributed by atoms with van der Waals surface area (Å²) in [5.74, 6) is 1.68. The second kappa shape index (κ2) is 7.44. The van der Waals surface area contributed by atoms with Gasteiger partial charge in [-0.2, -0.15) is 0 Å². The zero-order chi connectivity index (χ0) is 13.7. The number of halogens is 1. The lowest BCUT2D eigenvalue weighted by Gasteiger charge is -2.36. The molecular weight excluding hydrogens is 298 g/mol. The van der Waals surface area contributed by atoms with Crippen LogP contribution < -0.4 is 5.32 Å². The first kappa shape index (κ1) is 15.1. The van der Waals surface area contributed by atoms with Crippen LogP contribution in [0.15, 0.2) is 28.7 Å². The maximum Gasteiger partial charge on any atom is 0.0177 e. The Kier molecular flexibility index (Phi) is 5.90. The van der Waals surface area contributed by atoms with E-state index in [4.69, 9.17) is 0 Å². The van der Waals surface area contributed by atoms with E-state index < -0.39 is 0 Å². The van der Waals surface area contributed by atoms with Crippen LogP contribution in [0, 0.1) is 11.8 Å². The molecule has 0 aliphatic heterocycles. The van der Waals surface area contributed by atoms with Crippen LogP contribution in [-0.2, 0) is 6.42 Å². The molecule has 2 heteroatoms. The van der Waals surface area contributed by atoms with E-state index in [1.165, 1.54) is 42.1 Å². The van der Waals surface area contributed by atoms with Crippen LogP contribution in [0.2, 0.25) is 0 Å². The van der Waals surface area contributed by atoms with Crippen LogP contribution >= 0.6 is 15.9 Å². The Bertz CT molecular complexity index is 389. The maximum atomic E-state index is 3.77. The van der Waals surface area contributed by atoms with Crippen LogP contribution in [0.3, 0.4) is 0 Å². The lowest BCUT2D eigenvalue weighted by molar-refractivity contribution is 0.212. The molecule has 1 aromatic carbocycles. The summed E-state index contributed by atoms with van der Waals surface area (Å²) in [6.45, 7) is 5.82. The lowest BCUT2D eigenvalue weighted by atomic mass is 9.76. The molecule has 1 aliphatic carbocycles. The number of hydrogen-bond acceptors (Lipinski definition) is 1. The molecular formula is C17H26BrN. The Labute approximate surface area is 126 Å². The molecule has 0 amide bonds. The van der Waals surface area contributed by atoms with Crippen LogP contribution in [0.4, 0.5) is 0 Å². The van der Waals surface area contributed by atoms with Crippen molar-refractivity contribution in [2.45, 2.75) is 52.0 Å². The number of nitrogens with one attached hydrogen (secondary N) is 1. The third-order valence-corrected chi connectivity index (χ3v) is 4.78. The fourth-order valence-electron chi connectivity index (χ4n) is 3.29. The molecule has 0 aromatic heterocycles. The fraction of sp³-hybridized carbons (Fsp3) is 0.647. The molecule has 1 nitrogen and oxygen atoms in total. The first-order chi connectivity index (χ1) is 9.19. The average molecular weight is 324 g/mol. The van der Waals surface area contributed by atoms with E-state index in [0.717, 1.165) is 24.4 Å². The fourth-order valence-corrected chi connectivity index (χ4v) is 3.74. The molecule has 106 valence electrons.